The second-order valence-electron chi connectivity index (χ2n) is 5.96. The molecule has 0 bridgehead atoms. The molecule has 0 aliphatic heterocycles. The second kappa shape index (κ2) is 7.72. The van der Waals surface area contributed by atoms with Crippen molar-refractivity contribution in [2.45, 2.75) is 34.1 Å². The largest absolute Gasteiger partial charge is 0.350 e. The molecule has 2 rings (SSSR count). The van der Waals surface area contributed by atoms with E-state index in [0.29, 0.717) is 24.1 Å². The van der Waals surface area contributed by atoms with Gasteiger partial charge in [0.15, 0.2) is 0 Å². The van der Waals surface area contributed by atoms with Crippen LogP contribution < -0.4 is 10.6 Å². The quantitative estimate of drug-likeness (QED) is 0.857. The van der Waals surface area contributed by atoms with Gasteiger partial charge in [0.05, 0.1) is 0 Å². The lowest BCUT2D eigenvalue weighted by atomic mass is 10.1. The lowest BCUT2D eigenvalue weighted by Gasteiger charge is -2.12. The van der Waals surface area contributed by atoms with E-state index in [9.17, 15) is 4.79 Å². The maximum Gasteiger partial charge on any atom is 0.270 e. The fourth-order valence-corrected chi connectivity index (χ4v) is 2.20. The summed E-state index contributed by atoms with van der Waals surface area (Å²) in [5.41, 5.74) is 3.29. The minimum Gasteiger partial charge on any atom is -0.350 e. The Morgan fingerprint density at radius 1 is 1.22 bits per heavy atom. The van der Waals surface area contributed by atoms with Gasteiger partial charge in [-0.25, -0.2) is 9.97 Å². The van der Waals surface area contributed by atoms with E-state index in [2.05, 4.69) is 47.4 Å². The number of anilines is 2. The first kappa shape index (κ1) is 16.9. The van der Waals surface area contributed by atoms with Crippen LogP contribution in [0.1, 0.15) is 42.5 Å². The highest BCUT2D eigenvalue weighted by Crippen LogP contribution is 2.19. The van der Waals surface area contributed by atoms with E-state index in [-0.39, 0.29) is 5.91 Å². The summed E-state index contributed by atoms with van der Waals surface area (Å²) in [5, 5.41) is 6.10. The molecule has 1 aromatic carbocycles. The Kier molecular flexibility index (Phi) is 5.68. The maximum atomic E-state index is 12.2. The van der Waals surface area contributed by atoms with Crippen molar-refractivity contribution in [2.75, 3.05) is 11.9 Å². The van der Waals surface area contributed by atoms with Crippen LogP contribution in [0.4, 0.5) is 11.6 Å². The zero-order valence-corrected chi connectivity index (χ0v) is 14.2. The number of hydrogen-bond acceptors (Lipinski definition) is 4. The SMILES string of the molecule is CCc1ccccc1Nc1nc(C)cc(C(=O)NCC(C)C)n1. The van der Waals surface area contributed by atoms with Gasteiger partial charge < -0.3 is 10.6 Å². The van der Waals surface area contributed by atoms with Crippen LogP contribution >= 0.6 is 0 Å². The molecular weight excluding hydrogens is 288 g/mol. The van der Waals surface area contributed by atoms with Crippen molar-refractivity contribution in [3.05, 3.63) is 47.3 Å². The molecule has 0 unspecified atom stereocenters. The Labute approximate surface area is 137 Å². The molecule has 5 nitrogen and oxygen atoms in total. The molecule has 0 aliphatic carbocycles. The fraction of sp³-hybridized carbons (Fsp3) is 0.389. The van der Waals surface area contributed by atoms with Gasteiger partial charge in [0, 0.05) is 17.9 Å². The Morgan fingerprint density at radius 3 is 2.65 bits per heavy atom. The predicted molar refractivity (Wildman–Crippen MR) is 93.0 cm³/mol. The summed E-state index contributed by atoms with van der Waals surface area (Å²) in [5.74, 6) is 0.674. The molecule has 0 fully saturated rings. The minimum absolute atomic E-state index is 0.170. The highest BCUT2D eigenvalue weighted by Gasteiger charge is 2.11. The molecule has 1 aromatic heterocycles. The number of nitrogens with zero attached hydrogens (tertiary/aromatic N) is 2. The third-order valence-corrected chi connectivity index (χ3v) is 3.40. The molecule has 0 saturated heterocycles. The van der Waals surface area contributed by atoms with Gasteiger partial charge in [-0.1, -0.05) is 39.0 Å². The number of amides is 1. The smallest absolute Gasteiger partial charge is 0.270 e. The van der Waals surface area contributed by atoms with Crippen LogP contribution in [0.25, 0.3) is 0 Å². The lowest BCUT2D eigenvalue weighted by molar-refractivity contribution is 0.0944. The standard InChI is InChI=1S/C18H24N4O/c1-5-14-8-6-7-9-15(14)21-18-20-13(4)10-16(22-18)17(23)19-11-12(2)3/h6-10,12H,5,11H2,1-4H3,(H,19,23)(H,20,21,22). The molecule has 0 atom stereocenters. The van der Waals surface area contributed by atoms with Crippen LogP contribution in [0.3, 0.4) is 0 Å². The average molecular weight is 312 g/mol. The molecule has 2 aromatic rings. The number of hydrogen-bond donors (Lipinski definition) is 2. The predicted octanol–water partition coefficient (Wildman–Crippen LogP) is 3.48. The van der Waals surface area contributed by atoms with E-state index >= 15 is 0 Å². The fourth-order valence-electron chi connectivity index (χ4n) is 2.20. The molecule has 2 N–H and O–H groups in total. The van der Waals surface area contributed by atoms with Crippen molar-refractivity contribution in [1.82, 2.24) is 15.3 Å². The Hall–Kier alpha value is -2.43. The number of benzene rings is 1. The number of aryl methyl sites for hydroxylation is 2. The maximum absolute atomic E-state index is 12.2. The van der Waals surface area contributed by atoms with Crippen molar-refractivity contribution in [1.29, 1.82) is 0 Å². The Bertz CT molecular complexity index is 682. The Morgan fingerprint density at radius 2 is 1.96 bits per heavy atom. The molecule has 0 saturated carbocycles. The average Bonchev–Trinajstić information content (AvgIpc) is 2.52. The zero-order chi connectivity index (χ0) is 16.8. The van der Waals surface area contributed by atoms with Crippen LogP contribution in [0.2, 0.25) is 0 Å². The van der Waals surface area contributed by atoms with Crippen LogP contribution in [0.5, 0.6) is 0 Å². The summed E-state index contributed by atoms with van der Waals surface area (Å²) >= 11 is 0. The van der Waals surface area contributed by atoms with E-state index in [1.807, 2.05) is 25.1 Å². The molecule has 1 heterocycles. The number of carbonyl (C=O) groups is 1. The lowest BCUT2D eigenvalue weighted by Crippen LogP contribution is -2.28. The third kappa shape index (κ3) is 4.77. The van der Waals surface area contributed by atoms with Gasteiger partial charge in [0.25, 0.3) is 5.91 Å². The molecule has 23 heavy (non-hydrogen) atoms. The number of rotatable bonds is 6. The first-order valence-corrected chi connectivity index (χ1v) is 7.98. The van der Waals surface area contributed by atoms with E-state index in [1.165, 1.54) is 5.56 Å². The summed E-state index contributed by atoms with van der Waals surface area (Å²) in [6.07, 6.45) is 0.913. The second-order valence-corrected chi connectivity index (χ2v) is 5.96. The van der Waals surface area contributed by atoms with Gasteiger partial charge >= 0.3 is 0 Å². The summed E-state index contributed by atoms with van der Waals surface area (Å²) in [6.45, 7) is 8.70. The van der Waals surface area contributed by atoms with Gasteiger partial charge in [0.1, 0.15) is 5.69 Å². The highest BCUT2D eigenvalue weighted by atomic mass is 16.1. The van der Waals surface area contributed by atoms with E-state index in [0.717, 1.165) is 17.8 Å². The normalized spacial score (nSPS) is 10.7. The van der Waals surface area contributed by atoms with Gasteiger partial charge in [0.2, 0.25) is 5.95 Å². The van der Waals surface area contributed by atoms with E-state index in [4.69, 9.17) is 0 Å². The minimum atomic E-state index is -0.170. The topological polar surface area (TPSA) is 66.9 Å². The van der Waals surface area contributed by atoms with Crippen molar-refractivity contribution >= 4 is 17.5 Å². The van der Waals surface area contributed by atoms with Crippen molar-refractivity contribution in [3.8, 4) is 0 Å². The molecule has 1 amide bonds. The summed E-state index contributed by atoms with van der Waals surface area (Å²) in [7, 11) is 0. The number of carbonyl (C=O) groups excluding carboxylic acids is 1. The number of nitrogens with one attached hydrogen (secondary N) is 2. The summed E-state index contributed by atoms with van der Waals surface area (Å²) in [6, 6.07) is 9.73. The van der Waals surface area contributed by atoms with Crippen LogP contribution in [-0.4, -0.2) is 22.4 Å². The van der Waals surface area contributed by atoms with E-state index < -0.39 is 0 Å². The Balaban J connectivity index is 2.21. The van der Waals surface area contributed by atoms with Crippen molar-refractivity contribution < 1.29 is 4.79 Å². The highest BCUT2D eigenvalue weighted by molar-refractivity contribution is 5.92. The van der Waals surface area contributed by atoms with Crippen LogP contribution in [0, 0.1) is 12.8 Å². The molecule has 0 spiro atoms. The summed E-state index contributed by atoms with van der Waals surface area (Å²) < 4.78 is 0. The van der Waals surface area contributed by atoms with Crippen LogP contribution in [-0.2, 0) is 6.42 Å². The van der Waals surface area contributed by atoms with Gasteiger partial charge in [-0.15, -0.1) is 0 Å². The van der Waals surface area contributed by atoms with Gasteiger partial charge in [-0.05, 0) is 37.0 Å². The number of para-hydroxylation sites is 1. The van der Waals surface area contributed by atoms with E-state index in [1.54, 1.807) is 6.07 Å². The first-order valence-electron chi connectivity index (χ1n) is 7.98. The molecule has 0 aliphatic rings. The molecular formula is C18H24N4O. The molecule has 5 heteroatoms. The first-order chi connectivity index (χ1) is 11.0. The van der Waals surface area contributed by atoms with Gasteiger partial charge in [-0.2, -0.15) is 0 Å². The number of aromatic nitrogens is 2. The molecule has 0 radical (unpaired) electrons. The third-order valence-electron chi connectivity index (χ3n) is 3.40. The van der Waals surface area contributed by atoms with Gasteiger partial charge in [-0.3, -0.25) is 4.79 Å². The van der Waals surface area contributed by atoms with Crippen molar-refractivity contribution in [3.63, 3.8) is 0 Å². The van der Waals surface area contributed by atoms with Crippen molar-refractivity contribution in [2.24, 2.45) is 5.92 Å². The monoisotopic (exact) mass is 312 g/mol. The summed E-state index contributed by atoms with van der Waals surface area (Å²) in [4.78, 5) is 20.9. The molecule has 122 valence electrons. The zero-order valence-electron chi connectivity index (χ0n) is 14.2. The van der Waals surface area contributed by atoms with Crippen LogP contribution in [0.15, 0.2) is 30.3 Å².